The number of hydrogen-bond donors (Lipinski definition) is 0. The van der Waals surface area contributed by atoms with Gasteiger partial charge in [0.2, 0.25) is 5.91 Å². The predicted octanol–water partition coefficient (Wildman–Crippen LogP) is 5.38. The predicted molar refractivity (Wildman–Crippen MR) is 167 cm³/mol. The molecule has 0 spiro atoms. The summed E-state index contributed by atoms with van der Waals surface area (Å²) in [4.78, 5) is 30.2. The Kier molecular flexibility index (Phi) is 11.1. The number of imidazole rings is 1. The molecule has 2 fully saturated rings. The highest BCUT2D eigenvalue weighted by Crippen LogP contribution is 2.36. The van der Waals surface area contributed by atoms with Crippen LogP contribution in [-0.2, 0) is 24.2 Å². The number of piperazine rings is 1. The first-order chi connectivity index (χ1) is 20.1. The fourth-order valence-corrected chi connectivity index (χ4v) is 6.61. The van der Waals surface area contributed by atoms with Crippen molar-refractivity contribution in [1.29, 1.82) is 0 Å². The summed E-state index contributed by atoms with van der Waals surface area (Å²) in [5.41, 5.74) is 6.30. The van der Waals surface area contributed by atoms with Gasteiger partial charge in [-0.1, -0.05) is 58.0 Å². The molecule has 3 atom stereocenters. The fourth-order valence-electron chi connectivity index (χ4n) is 6.61. The average molecular weight is 559 g/mol. The van der Waals surface area contributed by atoms with Crippen molar-refractivity contribution in [2.24, 2.45) is 5.92 Å². The SMILES string of the molecule is CC.CC.Cc1cn(C[C@H]2CCCN(C(=O)[C@H]3CN([C@@H]4c5ccccc5CCc5cccnc54)CCN3C)C2)cn1. The molecule has 3 aromatic rings. The molecule has 2 saturated heterocycles. The number of pyridine rings is 1. The second-order valence-corrected chi connectivity index (χ2v) is 11.1. The molecule has 1 aliphatic carbocycles. The number of fused-ring (bicyclic) bond motifs is 2. The Bertz CT molecular complexity index is 1210. The van der Waals surface area contributed by atoms with Gasteiger partial charge >= 0.3 is 0 Å². The van der Waals surface area contributed by atoms with Crippen LogP contribution in [0.5, 0.6) is 0 Å². The Morgan fingerprint density at radius 1 is 0.927 bits per heavy atom. The van der Waals surface area contributed by atoms with E-state index in [9.17, 15) is 4.79 Å². The number of carbonyl (C=O) groups excluding carboxylic acids is 1. The van der Waals surface area contributed by atoms with E-state index in [1.165, 1.54) is 16.7 Å². The molecule has 1 amide bonds. The van der Waals surface area contributed by atoms with Crippen LogP contribution >= 0.6 is 0 Å². The lowest BCUT2D eigenvalue weighted by atomic mass is 9.94. The van der Waals surface area contributed by atoms with Crippen molar-refractivity contribution in [1.82, 2.24) is 29.2 Å². The van der Waals surface area contributed by atoms with E-state index < -0.39 is 0 Å². The smallest absolute Gasteiger partial charge is 0.241 e. The lowest BCUT2D eigenvalue weighted by Crippen LogP contribution is -2.60. The number of benzene rings is 1. The van der Waals surface area contributed by atoms with Crippen molar-refractivity contribution in [3.05, 3.63) is 83.2 Å². The van der Waals surface area contributed by atoms with Crippen molar-refractivity contribution in [2.75, 3.05) is 39.8 Å². The van der Waals surface area contributed by atoms with Gasteiger partial charge in [-0.15, -0.1) is 0 Å². The largest absolute Gasteiger partial charge is 0.341 e. The molecule has 0 bridgehead atoms. The summed E-state index contributed by atoms with van der Waals surface area (Å²) in [6, 6.07) is 13.1. The van der Waals surface area contributed by atoms with E-state index in [0.29, 0.717) is 5.92 Å². The molecule has 0 unspecified atom stereocenters. The van der Waals surface area contributed by atoms with E-state index in [4.69, 9.17) is 4.98 Å². The summed E-state index contributed by atoms with van der Waals surface area (Å²) in [5, 5.41) is 0. The van der Waals surface area contributed by atoms with Gasteiger partial charge in [0.1, 0.15) is 6.04 Å². The molecular formula is C34H50N6O. The second kappa shape index (κ2) is 14.7. The topological polar surface area (TPSA) is 57.5 Å². The third kappa shape index (κ3) is 7.07. The van der Waals surface area contributed by atoms with Gasteiger partial charge in [0.25, 0.3) is 0 Å². The van der Waals surface area contributed by atoms with Crippen molar-refractivity contribution >= 4 is 5.91 Å². The first kappa shape index (κ1) is 30.9. The van der Waals surface area contributed by atoms with Crippen LogP contribution in [0.4, 0.5) is 0 Å². The van der Waals surface area contributed by atoms with Crippen LogP contribution in [0.2, 0.25) is 0 Å². The van der Waals surface area contributed by atoms with Crippen LogP contribution in [0.3, 0.4) is 0 Å². The van der Waals surface area contributed by atoms with E-state index in [-0.39, 0.29) is 18.0 Å². The summed E-state index contributed by atoms with van der Waals surface area (Å²) in [7, 11) is 2.11. The van der Waals surface area contributed by atoms with Gasteiger partial charge < -0.3 is 9.47 Å². The minimum Gasteiger partial charge on any atom is -0.341 e. The summed E-state index contributed by atoms with van der Waals surface area (Å²) < 4.78 is 2.18. The van der Waals surface area contributed by atoms with Gasteiger partial charge in [-0.05, 0) is 68.3 Å². The first-order valence-electron chi connectivity index (χ1n) is 15.8. The van der Waals surface area contributed by atoms with Gasteiger partial charge in [0.05, 0.1) is 23.8 Å². The van der Waals surface area contributed by atoms with Gasteiger partial charge in [-0.3, -0.25) is 19.6 Å². The van der Waals surface area contributed by atoms with Crippen LogP contribution in [0.15, 0.2) is 55.1 Å². The lowest BCUT2D eigenvalue weighted by Gasteiger charge is -2.45. The van der Waals surface area contributed by atoms with Gasteiger partial charge in [-0.2, -0.15) is 0 Å². The number of amides is 1. The van der Waals surface area contributed by atoms with Crippen molar-refractivity contribution < 1.29 is 4.79 Å². The van der Waals surface area contributed by atoms with Crippen molar-refractivity contribution in [3.8, 4) is 0 Å². The minimum absolute atomic E-state index is 0.0949. The number of nitrogens with zero attached hydrogens (tertiary/aromatic N) is 6. The van der Waals surface area contributed by atoms with Crippen LogP contribution in [0, 0.1) is 12.8 Å². The number of piperidine rings is 1. The number of aromatic nitrogens is 3. The highest BCUT2D eigenvalue weighted by Gasteiger charge is 2.39. The maximum absolute atomic E-state index is 14.0. The molecule has 3 aliphatic rings. The molecule has 7 heteroatoms. The zero-order valence-electron chi connectivity index (χ0n) is 26.1. The summed E-state index contributed by atoms with van der Waals surface area (Å²) in [6.45, 7) is 15.2. The average Bonchev–Trinajstić information content (AvgIpc) is 3.35. The molecule has 0 radical (unpaired) electrons. The molecule has 1 aromatic carbocycles. The highest BCUT2D eigenvalue weighted by molar-refractivity contribution is 5.82. The Morgan fingerprint density at radius 3 is 2.46 bits per heavy atom. The molecule has 41 heavy (non-hydrogen) atoms. The monoisotopic (exact) mass is 558 g/mol. The summed E-state index contributed by atoms with van der Waals surface area (Å²) in [5.74, 6) is 0.753. The summed E-state index contributed by atoms with van der Waals surface area (Å²) in [6.07, 6.45) is 10.2. The third-order valence-corrected chi connectivity index (χ3v) is 8.59. The van der Waals surface area contributed by atoms with Crippen molar-refractivity contribution in [2.45, 2.75) is 78.9 Å². The zero-order valence-corrected chi connectivity index (χ0v) is 26.1. The maximum Gasteiger partial charge on any atom is 0.241 e. The number of likely N-dealkylation sites (N-methyl/N-ethyl adjacent to an activating group) is 1. The van der Waals surface area contributed by atoms with Crippen molar-refractivity contribution in [3.63, 3.8) is 0 Å². The number of rotatable bonds is 4. The van der Waals surface area contributed by atoms with E-state index in [1.807, 2.05) is 47.1 Å². The minimum atomic E-state index is -0.134. The third-order valence-electron chi connectivity index (χ3n) is 8.59. The number of carbonyl (C=O) groups is 1. The standard InChI is InChI=1S/C30H38N6O.2C2H6/c1-22-17-34(21-32-22)18-23-7-6-14-36(19-23)30(37)27-20-35(16-15-33(27)2)29-26-10-4-3-8-24(26)11-12-25-9-5-13-31-28(25)29;2*1-2/h3-5,8-10,13,17,21,23,27,29H,6-7,11-12,14-16,18-20H2,1-2H3;2*1-2H3/t23-,27-,29-;;/m1../s1. The quantitative estimate of drug-likeness (QED) is 0.430. The van der Waals surface area contributed by atoms with E-state index >= 15 is 0 Å². The van der Waals surface area contributed by atoms with E-state index in [0.717, 1.165) is 76.3 Å². The molecule has 0 saturated carbocycles. The Hall–Kier alpha value is -3.03. The lowest BCUT2D eigenvalue weighted by molar-refractivity contribution is -0.141. The molecule has 0 N–H and O–H groups in total. The molecular weight excluding hydrogens is 508 g/mol. The molecule has 7 nitrogen and oxygen atoms in total. The van der Waals surface area contributed by atoms with E-state index in [1.54, 1.807) is 0 Å². The number of likely N-dealkylation sites (tertiary alicyclic amines) is 1. The normalized spacial score (nSPS) is 22.7. The van der Waals surface area contributed by atoms with Gasteiger partial charge in [0, 0.05) is 51.7 Å². The van der Waals surface area contributed by atoms with Crippen LogP contribution in [0.25, 0.3) is 0 Å². The van der Waals surface area contributed by atoms with Crippen LogP contribution in [-0.4, -0.2) is 81.0 Å². The highest BCUT2D eigenvalue weighted by atomic mass is 16.2. The molecule has 6 rings (SSSR count). The van der Waals surface area contributed by atoms with Gasteiger partial charge in [0.15, 0.2) is 0 Å². The fraction of sp³-hybridized carbons (Fsp3) is 0.559. The van der Waals surface area contributed by atoms with Crippen LogP contribution in [0.1, 0.15) is 74.7 Å². The van der Waals surface area contributed by atoms with Gasteiger partial charge in [-0.25, -0.2) is 4.98 Å². The zero-order chi connectivity index (χ0) is 29.4. The Balaban J connectivity index is 0.000000929. The first-order valence-corrected chi connectivity index (χ1v) is 15.8. The maximum atomic E-state index is 14.0. The Morgan fingerprint density at radius 2 is 1.68 bits per heavy atom. The number of hydrogen-bond acceptors (Lipinski definition) is 5. The van der Waals surface area contributed by atoms with E-state index in [2.05, 4.69) is 73.9 Å². The second-order valence-electron chi connectivity index (χ2n) is 11.1. The Labute approximate surface area is 247 Å². The molecule has 222 valence electrons. The molecule has 2 aromatic heterocycles. The van der Waals surface area contributed by atoms with Crippen LogP contribution < -0.4 is 0 Å². The number of aryl methyl sites for hydroxylation is 3. The molecule has 4 heterocycles. The summed E-state index contributed by atoms with van der Waals surface area (Å²) >= 11 is 0. The molecule has 2 aliphatic heterocycles.